The molecule has 0 spiro atoms. The third-order valence-corrected chi connectivity index (χ3v) is 3.82. The smallest absolute Gasteiger partial charge is 0.330 e. The molecule has 25 heavy (non-hydrogen) atoms. The predicted octanol–water partition coefficient (Wildman–Crippen LogP) is -1.32. The first-order valence-electron chi connectivity index (χ1n) is 7.63. The van der Waals surface area contributed by atoms with Gasteiger partial charge in [0.1, 0.15) is 17.9 Å². The third kappa shape index (κ3) is 3.79. The molecule has 11 heteroatoms. The lowest BCUT2D eigenvalue weighted by Crippen LogP contribution is -2.41. The highest BCUT2D eigenvalue weighted by molar-refractivity contribution is 5.73. The number of aliphatic hydroxyl groups excluding tert-OH is 2. The lowest BCUT2D eigenvalue weighted by atomic mass is 10.1. The molecule has 1 aromatic rings. The summed E-state index contributed by atoms with van der Waals surface area (Å²) in [6.07, 6.45) is -4.27. The topological polar surface area (TPSA) is 134 Å². The molecule has 0 aliphatic carbocycles. The van der Waals surface area contributed by atoms with Crippen molar-refractivity contribution in [3.63, 3.8) is 0 Å². The number of nitrogens with one attached hydrogen (secondary N) is 1. The summed E-state index contributed by atoms with van der Waals surface area (Å²) in [5, 5.41) is 19.0. The molecular weight excluding hydrogens is 341 g/mol. The van der Waals surface area contributed by atoms with Gasteiger partial charge in [0, 0.05) is 12.7 Å². The molecule has 1 saturated heterocycles. The molecule has 1 fully saturated rings. The summed E-state index contributed by atoms with van der Waals surface area (Å²) < 4.78 is 18.9. The van der Waals surface area contributed by atoms with Crippen LogP contribution in [0.3, 0.4) is 0 Å². The van der Waals surface area contributed by atoms with Gasteiger partial charge < -0.3 is 19.8 Å². The molecule has 4 atom stereocenters. The van der Waals surface area contributed by atoms with Crippen LogP contribution in [0.4, 0.5) is 10.2 Å². The fourth-order valence-electron chi connectivity index (χ4n) is 2.65. The Balaban J connectivity index is 2.48. The summed E-state index contributed by atoms with van der Waals surface area (Å²) in [6, 6.07) is 0. The first kappa shape index (κ1) is 19.2. The molecule has 0 unspecified atom stereocenters. The molecule has 140 valence electrons. The maximum absolute atomic E-state index is 12.8. The number of aromatic nitrogens is 2. The summed E-state index contributed by atoms with van der Waals surface area (Å²) in [5.41, 5.74) is -1.89. The Morgan fingerprint density at radius 2 is 2.20 bits per heavy atom. The van der Waals surface area contributed by atoms with Gasteiger partial charge in [0.15, 0.2) is 12.3 Å². The van der Waals surface area contributed by atoms with Crippen molar-refractivity contribution in [2.45, 2.75) is 38.4 Å². The van der Waals surface area contributed by atoms with Gasteiger partial charge in [0.05, 0.1) is 6.61 Å². The van der Waals surface area contributed by atoms with Crippen molar-refractivity contribution < 1.29 is 29.2 Å². The second-order valence-electron chi connectivity index (χ2n) is 6.12. The quantitative estimate of drug-likeness (QED) is 0.513. The number of hydrogen-bond donors (Lipinski definition) is 3. The van der Waals surface area contributed by atoms with Crippen molar-refractivity contribution in [2.24, 2.45) is 5.92 Å². The van der Waals surface area contributed by atoms with Crippen LogP contribution in [0, 0.1) is 5.92 Å². The number of hydrogen-bond acceptors (Lipinski definition) is 7. The molecule has 2 heterocycles. The molecule has 1 amide bonds. The minimum absolute atomic E-state index is 0.0372. The number of carbonyl (C=O) groups is 1. The van der Waals surface area contributed by atoms with Gasteiger partial charge in [-0.1, -0.05) is 13.8 Å². The van der Waals surface area contributed by atoms with E-state index in [9.17, 15) is 24.0 Å². The molecule has 1 aliphatic heterocycles. The highest BCUT2D eigenvalue weighted by Crippen LogP contribution is 2.31. The van der Waals surface area contributed by atoms with Gasteiger partial charge in [0.25, 0.3) is 5.56 Å². The fourth-order valence-corrected chi connectivity index (χ4v) is 2.65. The molecule has 0 bridgehead atoms. The number of carbonyl (C=O) groups excluding carboxylic acids is 1. The van der Waals surface area contributed by atoms with Gasteiger partial charge in [-0.2, -0.15) is 4.94 Å². The van der Waals surface area contributed by atoms with Crippen molar-refractivity contribution in [3.8, 4) is 0 Å². The largest absolute Gasteiger partial charge is 0.394 e. The molecule has 3 N–H and O–H groups in total. The number of amides is 1. The highest BCUT2D eigenvalue weighted by atomic mass is 19.3. The third-order valence-electron chi connectivity index (χ3n) is 3.82. The van der Waals surface area contributed by atoms with Crippen LogP contribution in [0.5, 0.6) is 0 Å². The second-order valence-corrected chi connectivity index (χ2v) is 6.12. The molecular formula is C14H20FN3O7. The number of halogens is 1. The Hall–Kier alpha value is -2.08. The molecule has 2 rings (SSSR count). The van der Waals surface area contributed by atoms with Crippen molar-refractivity contribution in [1.82, 2.24) is 9.55 Å². The van der Waals surface area contributed by atoms with Crippen LogP contribution >= 0.6 is 0 Å². The Labute approximate surface area is 141 Å². The van der Waals surface area contributed by atoms with Gasteiger partial charge in [-0.25, -0.2) is 4.79 Å². The summed E-state index contributed by atoms with van der Waals surface area (Å²) >= 11 is 0. The number of ether oxygens (including phenoxy) is 1. The Morgan fingerprint density at radius 3 is 2.72 bits per heavy atom. The van der Waals surface area contributed by atoms with E-state index in [0.717, 1.165) is 15.7 Å². The van der Waals surface area contributed by atoms with E-state index in [1.807, 2.05) is 18.8 Å². The number of aromatic amines is 1. The molecule has 1 aliphatic rings. The molecule has 10 nitrogen and oxygen atoms in total. The first-order valence-corrected chi connectivity index (χ1v) is 7.63. The van der Waals surface area contributed by atoms with Crippen molar-refractivity contribution >= 4 is 12.1 Å². The standard InChI is InChI=1S/C14H20FN3O7/c1-7(2)3-17(6-20)8-4-18(14(23)16-12(8)22)13-11(25-15)10(21)9(5-19)24-13/h4,6-7,9-11,13,19,21H,3,5H2,1-2H3,(H,16,22,23)/t9-,10+,11-,13-/m1/s1. The average molecular weight is 361 g/mol. The van der Waals surface area contributed by atoms with Crippen LogP contribution in [0.2, 0.25) is 0 Å². The van der Waals surface area contributed by atoms with Gasteiger partial charge in [0.2, 0.25) is 6.41 Å². The Morgan fingerprint density at radius 1 is 1.52 bits per heavy atom. The van der Waals surface area contributed by atoms with Crippen molar-refractivity contribution in [3.05, 3.63) is 27.0 Å². The lowest BCUT2D eigenvalue weighted by Gasteiger charge is -2.22. The minimum atomic E-state index is -1.59. The van der Waals surface area contributed by atoms with E-state index in [0.29, 0.717) is 6.41 Å². The van der Waals surface area contributed by atoms with Gasteiger partial charge in [-0.15, -0.1) is 0 Å². The summed E-state index contributed by atoms with van der Waals surface area (Å²) in [5.74, 6) is 0.0372. The van der Waals surface area contributed by atoms with Crippen LogP contribution < -0.4 is 16.1 Å². The maximum atomic E-state index is 12.8. The Kier molecular flexibility index (Phi) is 6.06. The molecule has 0 radical (unpaired) electrons. The van der Waals surface area contributed by atoms with Gasteiger partial charge in [-0.3, -0.25) is 19.1 Å². The first-order chi connectivity index (χ1) is 11.8. The van der Waals surface area contributed by atoms with Gasteiger partial charge >= 0.3 is 5.69 Å². The predicted molar refractivity (Wildman–Crippen MR) is 82.6 cm³/mol. The van der Waals surface area contributed by atoms with E-state index in [1.165, 1.54) is 0 Å². The summed E-state index contributed by atoms with van der Waals surface area (Å²) in [4.78, 5) is 42.2. The molecule has 0 saturated carbocycles. The SMILES string of the molecule is CC(C)CN(C=O)c1cn([C@@H]2O[C@H](CO)[C@H](O)[C@H]2OF)c(=O)[nH]c1=O. The Bertz CT molecular complexity index is 719. The van der Waals surface area contributed by atoms with E-state index in [2.05, 4.69) is 4.94 Å². The van der Waals surface area contributed by atoms with Crippen molar-refractivity contribution in [1.29, 1.82) is 0 Å². The van der Waals surface area contributed by atoms with Crippen LogP contribution in [0.1, 0.15) is 20.1 Å². The van der Waals surface area contributed by atoms with Crippen LogP contribution in [0.15, 0.2) is 15.8 Å². The second kappa shape index (κ2) is 7.87. The van der Waals surface area contributed by atoms with Crippen molar-refractivity contribution in [2.75, 3.05) is 18.1 Å². The van der Waals surface area contributed by atoms with E-state index >= 15 is 0 Å². The number of rotatable bonds is 7. The average Bonchev–Trinajstić information content (AvgIpc) is 2.88. The normalized spacial score (nSPS) is 26.2. The van der Waals surface area contributed by atoms with Crippen LogP contribution in [-0.4, -0.2) is 57.6 Å². The lowest BCUT2D eigenvalue weighted by molar-refractivity contribution is -0.221. The number of H-pyrrole nitrogens is 1. The van der Waals surface area contributed by atoms with Gasteiger partial charge in [-0.05, 0) is 10.4 Å². The molecule has 0 aromatic carbocycles. The monoisotopic (exact) mass is 361 g/mol. The zero-order valence-corrected chi connectivity index (χ0v) is 13.7. The number of anilines is 1. The molecule has 1 aromatic heterocycles. The number of aliphatic hydroxyl groups is 2. The van der Waals surface area contributed by atoms with Crippen LogP contribution in [0.25, 0.3) is 0 Å². The van der Waals surface area contributed by atoms with E-state index in [1.54, 1.807) is 0 Å². The zero-order valence-electron chi connectivity index (χ0n) is 13.7. The zero-order chi connectivity index (χ0) is 18.7. The van der Waals surface area contributed by atoms with Crippen LogP contribution in [-0.2, 0) is 14.5 Å². The maximum Gasteiger partial charge on any atom is 0.330 e. The van der Waals surface area contributed by atoms with E-state index in [4.69, 9.17) is 9.84 Å². The summed E-state index contributed by atoms with van der Waals surface area (Å²) in [7, 11) is 0. The fraction of sp³-hybridized carbons (Fsp3) is 0.643. The van der Waals surface area contributed by atoms with E-state index < -0.39 is 42.4 Å². The highest BCUT2D eigenvalue weighted by Gasteiger charge is 2.47. The summed E-state index contributed by atoms with van der Waals surface area (Å²) in [6.45, 7) is 3.24. The minimum Gasteiger partial charge on any atom is -0.394 e. The number of nitrogens with zero attached hydrogens (tertiary/aromatic N) is 2. The van der Waals surface area contributed by atoms with E-state index in [-0.39, 0.29) is 18.2 Å².